The molecule has 48 heavy (non-hydrogen) atoms. The van der Waals surface area contributed by atoms with E-state index in [1.807, 2.05) is 0 Å². The molecule has 2 fully saturated rings. The maximum absolute atomic E-state index is 13.2. The average molecular weight is 651 g/mol. The smallest absolute Gasteiger partial charge is 0.338 e. The van der Waals surface area contributed by atoms with Crippen LogP contribution < -0.4 is 0 Å². The minimum absolute atomic E-state index is 0.240. The van der Waals surface area contributed by atoms with Gasteiger partial charge < -0.3 is 29.2 Å². The molecular formula is C38H34O10. The molecule has 10 heteroatoms. The van der Waals surface area contributed by atoms with Crippen molar-refractivity contribution >= 4 is 23.9 Å². The lowest BCUT2D eigenvalue weighted by atomic mass is 9.60. The number of hydrogen-bond donors (Lipinski definition) is 2. The number of fused-ring (bicyclic) bond motifs is 1. The van der Waals surface area contributed by atoms with Crippen molar-refractivity contribution in [1.82, 2.24) is 0 Å². The molecule has 0 amide bonds. The molecule has 0 bridgehead atoms. The van der Waals surface area contributed by atoms with Gasteiger partial charge in [-0.05, 0) is 48.5 Å². The summed E-state index contributed by atoms with van der Waals surface area (Å²) in [5.41, 5.74) is -3.06. The summed E-state index contributed by atoms with van der Waals surface area (Å²) in [5.74, 6) is -2.86. The van der Waals surface area contributed by atoms with Gasteiger partial charge in [-0.3, -0.25) is 0 Å². The van der Waals surface area contributed by atoms with E-state index < -0.39 is 59.5 Å². The zero-order chi connectivity index (χ0) is 33.7. The molecular weight excluding hydrogens is 616 g/mol. The van der Waals surface area contributed by atoms with Gasteiger partial charge in [-0.15, -0.1) is 0 Å². The topological polar surface area (TPSA) is 146 Å². The summed E-state index contributed by atoms with van der Waals surface area (Å²) >= 11 is 0. The molecule has 0 spiro atoms. The third kappa shape index (κ3) is 7.00. The van der Waals surface area contributed by atoms with Crippen LogP contribution >= 0.6 is 0 Å². The minimum atomic E-state index is -2.01. The van der Waals surface area contributed by atoms with E-state index in [2.05, 4.69) is 0 Å². The van der Waals surface area contributed by atoms with Crippen molar-refractivity contribution in [3.8, 4) is 0 Å². The van der Waals surface area contributed by atoms with Gasteiger partial charge >= 0.3 is 23.9 Å². The summed E-state index contributed by atoms with van der Waals surface area (Å²) in [6.07, 6.45) is -6.23. The van der Waals surface area contributed by atoms with Gasteiger partial charge in [0.25, 0.3) is 0 Å². The monoisotopic (exact) mass is 650 g/mol. The Kier molecular flexibility index (Phi) is 9.38. The Hall–Kier alpha value is -5.32. The first kappa shape index (κ1) is 32.6. The molecule has 6 rings (SSSR count). The first-order valence-electron chi connectivity index (χ1n) is 15.6. The SMILES string of the molecule is O=C(OC1CC2(O)CC(OC(=O)c3ccccc3)C(OC(=O)c3ccccc3)CC2(O)CC1OC(=O)c1ccccc1)c1ccccc1. The standard InChI is InChI=1S/C38H34O10/c39-33(25-13-5-1-6-14-25)45-29-21-37(43)23-31(47-35(41)27-17-9-3-10-18-27)32(48-36(42)28-19-11-4-12-20-28)24-38(37,44)22-30(29)46-34(40)26-15-7-2-8-16-26/h1-20,29-32,43-44H,21-24H2. The van der Waals surface area contributed by atoms with E-state index in [0.29, 0.717) is 0 Å². The van der Waals surface area contributed by atoms with Crippen LogP contribution in [0.15, 0.2) is 121 Å². The van der Waals surface area contributed by atoms with Gasteiger partial charge in [-0.2, -0.15) is 0 Å². The Balaban J connectivity index is 1.31. The molecule has 246 valence electrons. The highest BCUT2D eigenvalue weighted by molar-refractivity contribution is 5.91. The average Bonchev–Trinajstić information content (AvgIpc) is 3.11. The number of rotatable bonds is 8. The maximum atomic E-state index is 13.2. The van der Waals surface area contributed by atoms with Crippen LogP contribution in [0.4, 0.5) is 0 Å². The molecule has 2 aliphatic carbocycles. The number of benzene rings is 4. The van der Waals surface area contributed by atoms with E-state index in [0.717, 1.165) is 0 Å². The minimum Gasteiger partial charge on any atom is -0.455 e. The fourth-order valence-corrected chi connectivity index (χ4v) is 6.37. The first-order chi connectivity index (χ1) is 23.1. The Morgan fingerprint density at radius 2 is 0.583 bits per heavy atom. The van der Waals surface area contributed by atoms with Gasteiger partial charge in [0.2, 0.25) is 0 Å². The highest BCUT2D eigenvalue weighted by atomic mass is 16.6. The second-order valence-electron chi connectivity index (χ2n) is 12.1. The molecule has 0 aliphatic heterocycles. The molecule has 4 atom stereocenters. The zero-order valence-electron chi connectivity index (χ0n) is 25.8. The van der Waals surface area contributed by atoms with Crippen molar-refractivity contribution in [2.45, 2.75) is 61.3 Å². The van der Waals surface area contributed by atoms with Gasteiger partial charge in [0.05, 0.1) is 22.3 Å². The summed E-state index contributed by atoms with van der Waals surface area (Å²) in [7, 11) is 0. The van der Waals surface area contributed by atoms with Crippen molar-refractivity contribution in [3.05, 3.63) is 144 Å². The number of hydrogen-bond acceptors (Lipinski definition) is 10. The highest BCUT2D eigenvalue weighted by Gasteiger charge is 2.64. The maximum Gasteiger partial charge on any atom is 0.338 e. The van der Waals surface area contributed by atoms with Crippen molar-refractivity contribution < 1.29 is 48.3 Å². The number of carbonyl (C=O) groups is 4. The lowest BCUT2D eigenvalue weighted by Gasteiger charge is -2.56. The van der Waals surface area contributed by atoms with Gasteiger partial charge in [-0.1, -0.05) is 72.8 Å². The van der Waals surface area contributed by atoms with Crippen LogP contribution in [0.3, 0.4) is 0 Å². The lowest BCUT2D eigenvalue weighted by molar-refractivity contribution is -0.265. The molecule has 10 nitrogen and oxygen atoms in total. The summed E-state index contributed by atoms with van der Waals surface area (Å²) < 4.78 is 23.4. The molecule has 2 saturated carbocycles. The largest absolute Gasteiger partial charge is 0.455 e. The van der Waals surface area contributed by atoms with E-state index >= 15 is 0 Å². The van der Waals surface area contributed by atoms with E-state index in [1.165, 1.54) is 0 Å². The Morgan fingerprint density at radius 3 is 0.771 bits per heavy atom. The molecule has 0 heterocycles. The fraction of sp³-hybridized carbons (Fsp3) is 0.263. The van der Waals surface area contributed by atoms with Gasteiger partial charge in [0, 0.05) is 25.7 Å². The molecule has 0 aromatic heterocycles. The second-order valence-corrected chi connectivity index (χ2v) is 12.1. The Morgan fingerprint density at radius 1 is 0.396 bits per heavy atom. The van der Waals surface area contributed by atoms with Crippen molar-refractivity contribution in [2.75, 3.05) is 0 Å². The van der Waals surface area contributed by atoms with Crippen LogP contribution in [0.5, 0.6) is 0 Å². The third-order valence-corrected chi connectivity index (χ3v) is 8.92. The second kappa shape index (κ2) is 13.8. The molecule has 4 aromatic carbocycles. The van der Waals surface area contributed by atoms with E-state index in [1.54, 1.807) is 121 Å². The van der Waals surface area contributed by atoms with Crippen LogP contribution in [0.25, 0.3) is 0 Å². The number of esters is 4. The van der Waals surface area contributed by atoms with Crippen molar-refractivity contribution in [2.24, 2.45) is 0 Å². The number of ether oxygens (including phenoxy) is 4. The molecule has 0 saturated heterocycles. The van der Waals surface area contributed by atoms with Crippen LogP contribution in [0.2, 0.25) is 0 Å². The van der Waals surface area contributed by atoms with E-state index in [9.17, 15) is 29.4 Å². The van der Waals surface area contributed by atoms with Crippen LogP contribution in [0, 0.1) is 0 Å². The van der Waals surface area contributed by atoms with E-state index in [4.69, 9.17) is 18.9 Å². The molecule has 0 radical (unpaired) electrons. The van der Waals surface area contributed by atoms with Crippen LogP contribution in [-0.4, -0.2) is 69.7 Å². The summed E-state index contributed by atoms with van der Waals surface area (Å²) in [5, 5.41) is 24.4. The lowest BCUT2D eigenvalue weighted by Crippen LogP contribution is -2.70. The zero-order valence-corrected chi connectivity index (χ0v) is 25.8. The van der Waals surface area contributed by atoms with Gasteiger partial charge in [-0.25, -0.2) is 19.2 Å². The van der Waals surface area contributed by atoms with Gasteiger partial charge in [0.1, 0.15) is 35.6 Å². The predicted molar refractivity (Wildman–Crippen MR) is 171 cm³/mol. The summed E-state index contributed by atoms with van der Waals surface area (Å²) in [6, 6.07) is 32.8. The molecule has 4 unspecified atom stereocenters. The predicted octanol–water partition coefficient (Wildman–Crippen LogP) is 4.94. The van der Waals surface area contributed by atoms with Crippen LogP contribution in [-0.2, 0) is 18.9 Å². The molecule has 2 aliphatic rings. The first-order valence-corrected chi connectivity index (χ1v) is 15.6. The Labute approximate surface area is 276 Å². The number of aliphatic hydroxyl groups is 2. The Bertz CT molecular complexity index is 1490. The third-order valence-electron chi connectivity index (χ3n) is 8.92. The van der Waals surface area contributed by atoms with Crippen LogP contribution in [0.1, 0.15) is 67.1 Å². The normalized spacial score (nSPS) is 26.3. The molecule has 4 aromatic rings. The van der Waals surface area contributed by atoms with E-state index in [-0.39, 0.29) is 47.9 Å². The van der Waals surface area contributed by atoms with Gasteiger partial charge in [0.15, 0.2) is 0 Å². The fourth-order valence-electron chi connectivity index (χ4n) is 6.37. The quantitative estimate of drug-likeness (QED) is 0.199. The summed E-state index contributed by atoms with van der Waals surface area (Å²) in [4.78, 5) is 52.8. The van der Waals surface area contributed by atoms with Crippen molar-refractivity contribution in [1.29, 1.82) is 0 Å². The number of carbonyl (C=O) groups excluding carboxylic acids is 4. The highest BCUT2D eigenvalue weighted by Crippen LogP contribution is 2.50. The summed E-state index contributed by atoms with van der Waals surface area (Å²) in [6.45, 7) is 0. The molecule has 2 N–H and O–H groups in total. The van der Waals surface area contributed by atoms with Crippen molar-refractivity contribution in [3.63, 3.8) is 0 Å².